The quantitative estimate of drug-likeness (QED) is 0.743. The molecule has 2 aromatic heterocycles. The van der Waals surface area contributed by atoms with Crippen LogP contribution < -0.4 is 11.2 Å². The van der Waals surface area contributed by atoms with Crippen LogP contribution in [-0.2, 0) is 30.5 Å². The van der Waals surface area contributed by atoms with E-state index in [1.54, 1.807) is 0 Å². The van der Waals surface area contributed by atoms with Crippen molar-refractivity contribution in [1.29, 1.82) is 0 Å². The molecule has 2 aromatic rings. The lowest BCUT2D eigenvalue weighted by molar-refractivity contribution is 0.586. The zero-order chi connectivity index (χ0) is 15.2. The molecule has 0 aromatic carbocycles. The summed E-state index contributed by atoms with van der Waals surface area (Å²) in [6.07, 6.45) is 1.68. The van der Waals surface area contributed by atoms with Crippen LogP contribution in [0.4, 0.5) is 0 Å². The normalized spacial score (nSPS) is 12.2. The van der Waals surface area contributed by atoms with Crippen LogP contribution in [-0.4, -0.2) is 33.4 Å². The van der Waals surface area contributed by atoms with Crippen LogP contribution in [0.1, 0.15) is 13.3 Å². The van der Waals surface area contributed by atoms with Gasteiger partial charge in [-0.3, -0.25) is 13.9 Å². The number of nitrogens with zero attached hydrogens (tertiary/aromatic N) is 4. The van der Waals surface area contributed by atoms with Crippen molar-refractivity contribution in [1.82, 2.24) is 18.7 Å². The molecule has 0 aliphatic heterocycles. The number of aryl methyl sites for hydroxylation is 2. The standard InChI is InChI=1S/C11H16N4O4S/c1-5-6-15-8-7(9(16)14(3)11(15)17)13(2)10(12-8)20(4,18)19/h5-6H2,1-4H3. The van der Waals surface area contributed by atoms with Gasteiger partial charge in [0.05, 0.1) is 0 Å². The Kier molecular flexibility index (Phi) is 3.32. The van der Waals surface area contributed by atoms with Gasteiger partial charge < -0.3 is 4.57 Å². The Morgan fingerprint density at radius 3 is 2.25 bits per heavy atom. The van der Waals surface area contributed by atoms with Gasteiger partial charge in [0.25, 0.3) is 5.56 Å². The lowest BCUT2D eigenvalue weighted by atomic mass is 10.4. The largest absolute Gasteiger partial charge is 0.332 e. The average Bonchev–Trinajstić information content (AvgIpc) is 2.69. The van der Waals surface area contributed by atoms with E-state index in [4.69, 9.17) is 0 Å². The lowest BCUT2D eigenvalue weighted by Gasteiger charge is -2.07. The summed E-state index contributed by atoms with van der Waals surface area (Å²) in [4.78, 5) is 28.2. The van der Waals surface area contributed by atoms with Crippen molar-refractivity contribution in [3.8, 4) is 0 Å². The molecule has 0 fully saturated rings. The third-order valence-electron chi connectivity index (χ3n) is 3.10. The van der Waals surface area contributed by atoms with E-state index in [1.165, 1.54) is 23.2 Å². The van der Waals surface area contributed by atoms with E-state index in [0.29, 0.717) is 13.0 Å². The second kappa shape index (κ2) is 4.58. The van der Waals surface area contributed by atoms with Crippen molar-refractivity contribution < 1.29 is 8.42 Å². The molecule has 0 amide bonds. The van der Waals surface area contributed by atoms with E-state index < -0.39 is 21.1 Å². The molecule has 0 N–H and O–H groups in total. The summed E-state index contributed by atoms with van der Waals surface area (Å²) in [7, 11) is -0.764. The Balaban J connectivity index is 3.09. The highest BCUT2D eigenvalue weighted by Gasteiger charge is 2.23. The summed E-state index contributed by atoms with van der Waals surface area (Å²) < 4.78 is 26.9. The molecule has 20 heavy (non-hydrogen) atoms. The molecule has 0 saturated carbocycles. The van der Waals surface area contributed by atoms with Gasteiger partial charge in [-0.2, -0.15) is 4.98 Å². The molecule has 110 valence electrons. The maximum absolute atomic E-state index is 12.2. The highest BCUT2D eigenvalue weighted by molar-refractivity contribution is 7.90. The summed E-state index contributed by atoms with van der Waals surface area (Å²) >= 11 is 0. The Hall–Kier alpha value is -1.90. The van der Waals surface area contributed by atoms with Crippen LogP contribution in [0, 0.1) is 0 Å². The van der Waals surface area contributed by atoms with E-state index in [9.17, 15) is 18.0 Å². The van der Waals surface area contributed by atoms with Crippen LogP contribution in [0.2, 0.25) is 0 Å². The summed E-state index contributed by atoms with van der Waals surface area (Å²) in [6, 6.07) is 0. The highest BCUT2D eigenvalue weighted by Crippen LogP contribution is 2.14. The van der Waals surface area contributed by atoms with Gasteiger partial charge >= 0.3 is 5.69 Å². The monoisotopic (exact) mass is 300 g/mol. The molecule has 2 heterocycles. The summed E-state index contributed by atoms with van der Waals surface area (Å²) in [5.41, 5.74) is -0.825. The van der Waals surface area contributed by atoms with Crippen molar-refractivity contribution in [2.75, 3.05) is 6.26 Å². The van der Waals surface area contributed by atoms with E-state index in [1.807, 2.05) is 6.92 Å². The molecular formula is C11H16N4O4S. The summed E-state index contributed by atoms with van der Waals surface area (Å²) in [5.74, 6) is 0. The van der Waals surface area contributed by atoms with E-state index in [2.05, 4.69) is 4.98 Å². The highest BCUT2D eigenvalue weighted by atomic mass is 32.2. The molecule has 0 unspecified atom stereocenters. The van der Waals surface area contributed by atoms with Gasteiger partial charge in [0.15, 0.2) is 11.2 Å². The van der Waals surface area contributed by atoms with Gasteiger partial charge in [-0.25, -0.2) is 13.2 Å². The van der Waals surface area contributed by atoms with Gasteiger partial charge in [-0.15, -0.1) is 0 Å². The fraction of sp³-hybridized carbons (Fsp3) is 0.545. The molecule has 0 saturated heterocycles. The minimum absolute atomic E-state index is 0.112. The van der Waals surface area contributed by atoms with Gasteiger partial charge in [-0.1, -0.05) is 6.92 Å². The van der Waals surface area contributed by atoms with Crippen LogP contribution in [0.25, 0.3) is 11.2 Å². The molecular weight excluding hydrogens is 284 g/mol. The SMILES string of the molecule is CCCn1c(=O)n(C)c(=O)c2c1nc(S(C)(=O)=O)n2C. The maximum atomic E-state index is 12.2. The molecule has 0 aliphatic rings. The van der Waals surface area contributed by atoms with Crippen LogP contribution in [0.15, 0.2) is 14.7 Å². The third-order valence-corrected chi connectivity index (χ3v) is 4.12. The fourth-order valence-corrected chi connectivity index (χ4v) is 3.01. The second-order valence-corrected chi connectivity index (χ2v) is 6.61. The second-order valence-electron chi connectivity index (χ2n) is 4.70. The molecule has 0 atom stereocenters. The van der Waals surface area contributed by atoms with Crippen molar-refractivity contribution in [2.45, 2.75) is 25.0 Å². The number of hydrogen-bond donors (Lipinski definition) is 0. The Morgan fingerprint density at radius 1 is 1.15 bits per heavy atom. The summed E-state index contributed by atoms with van der Waals surface area (Å²) in [6.45, 7) is 2.24. The maximum Gasteiger partial charge on any atom is 0.332 e. The molecule has 9 heteroatoms. The molecule has 2 rings (SSSR count). The number of fused-ring (bicyclic) bond motifs is 1. The van der Waals surface area contributed by atoms with Gasteiger partial charge in [0.2, 0.25) is 15.0 Å². The van der Waals surface area contributed by atoms with Gasteiger partial charge in [0, 0.05) is 26.9 Å². The van der Waals surface area contributed by atoms with Gasteiger partial charge in [-0.05, 0) is 6.42 Å². The van der Waals surface area contributed by atoms with Crippen molar-refractivity contribution in [3.05, 3.63) is 20.8 Å². The smallest absolute Gasteiger partial charge is 0.312 e. The van der Waals surface area contributed by atoms with E-state index >= 15 is 0 Å². The number of hydrogen-bond acceptors (Lipinski definition) is 5. The first kappa shape index (κ1) is 14.5. The Morgan fingerprint density at radius 2 is 1.75 bits per heavy atom. The van der Waals surface area contributed by atoms with E-state index in [-0.39, 0.29) is 16.3 Å². The molecule has 0 aliphatic carbocycles. The van der Waals surface area contributed by atoms with Crippen LogP contribution in [0.3, 0.4) is 0 Å². The lowest BCUT2D eigenvalue weighted by Crippen LogP contribution is -2.38. The molecule has 0 bridgehead atoms. The zero-order valence-electron chi connectivity index (χ0n) is 11.7. The Labute approximate surface area is 115 Å². The number of rotatable bonds is 3. The molecule has 0 radical (unpaired) electrons. The third kappa shape index (κ3) is 1.98. The van der Waals surface area contributed by atoms with Crippen LogP contribution in [0.5, 0.6) is 0 Å². The van der Waals surface area contributed by atoms with Crippen LogP contribution >= 0.6 is 0 Å². The molecule has 8 nitrogen and oxygen atoms in total. The fourth-order valence-electron chi connectivity index (χ4n) is 2.17. The number of aromatic nitrogens is 4. The predicted molar refractivity (Wildman–Crippen MR) is 73.6 cm³/mol. The van der Waals surface area contributed by atoms with Crippen molar-refractivity contribution in [2.24, 2.45) is 14.1 Å². The number of imidazole rings is 1. The predicted octanol–water partition coefficient (Wildman–Crippen LogP) is -0.753. The van der Waals surface area contributed by atoms with E-state index in [0.717, 1.165) is 10.8 Å². The topological polar surface area (TPSA) is 96.0 Å². The van der Waals surface area contributed by atoms with Gasteiger partial charge in [0.1, 0.15) is 0 Å². The summed E-state index contributed by atoms with van der Waals surface area (Å²) in [5, 5.41) is -0.222. The first-order valence-corrected chi connectivity index (χ1v) is 7.95. The minimum Gasteiger partial charge on any atom is -0.312 e. The Bertz CT molecular complexity index is 901. The molecule has 0 spiro atoms. The van der Waals surface area contributed by atoms with Crippen molar-refractivity contribution in [3.63, 3.8) is 0 Å². The first-order chi connectivity index (χ1) is 9.20. The number of sulfone groups is 1. The first-order valence-electron chi connectivity index (χ1n) is 6.06. The average molecular weight is 300 g/mol. The minimum atomic E-state index is -3.58. The van der Waals surface area contributed by atoms with Crippen molar-refractivity contribution >= 4 is 21.0 Å². The zero-order valence-corrected chi connectivity index (χ0v) is 12.6.